The third kappa shape index (κ3) is 7.20. The van der Waals surface area contributed by atoms with Crippen molar-refractivity contribution in [3.63, 3.8) is 0 Å². The summed E-state index contributed by atoms with van der Waals surface area (Å²) in [5, 5.41) is 26.6. The second-order valence-electron chi connectivity index (χ2n) is 9.24. The fraction of sp³-hybridized carbons (Fsp3) is 0.462. The van der Waals surface area contributed by atoms with Crippen molar-refractivity contribution >= 4 is 28.5 Å². The molecule has 1 aliphatic carbocycles. The standard InChI is InChI=1S/C26H35N3O5S/c1-4-17(26(33)29-24-22-8-6-5-7-18(22)14-23(24)31)13-20(30)15-27-35(34)21-11-9-19(10-12-21)28-25(32)16(2)3/h5-12,16-17,20,23-24,27,30-31H,4,13-15H2,1-3H3,(H,28,32)(H,29,33). The van der Waals surface area contributed by atoms with E-state index in [4.69, 9.17) is 0 Å². The highest BCUT2D eigenvalue weighted by Gasteiger charge is 2.33. The largest absolute Gasteiger partial charge is 0.392 e. The minimum absolute atomic E-state index is 0.0527. The van der Waals surface area contributed by atoms with Gasteiger partial charge in [0, 0.05) is 30.5 Å². The number of rotatable bonds is 11. The second kappa shape index (κ2) is 12.4. The van der Waals surface area contributed by atoms with Crippen LogP contribution in [0.4, 0.5) is 5.69 Å². The lowest BCUT2D eigenvalue weighted by Crippen LogP contribution is -2.40. The summed E-state index contributed by atoms with van der Waals surface area (Å²) in [7, 11) is -1.55. The summed E-state index contributed by atoms with van der Waals surface area (Å²) < 4.78 is 15.4. The number of amides is 2. The Morgan fingerprint density at radius 1 is 1.09 bits per heavy atom. The van der Waals surface area contributed by atoms with Crippen LogP contribution in [-0.4, -0.2) is 45.0 Å². The number of benzene rings is 2. The third-order valence-electron chi connectivity index (χ3n) is 6.23. The molecular weight excluding hydrogens is 466 g/mol. The molecule has 9 heteroatoms. The van der Waals surface area contributed by atoms with Crippen molar-refractivity contribution in [2.75, 3.05) is 11.9 Å². The summed E-state index contributed by atoms with van der Waals surface area (Å²) in [6, 6.07) is 13.9. The quantitative estimate of drug-likeness (QED) is 0.323. The first-order valence-electron chi connectivity index (χ1n) is 12.0. The van der Waals surface area contributed by atoms with E-state index in [2.05, 4.69) is 15.4 Å². The van der Waals surface area contributed by atoms with E-state index in [1.54, 1.807) is 38.1 Å². The number of carbonyl (C=O) groups excluding carboxylic acids is 2. The Balaban J connectivity index is 1.49. The summed E-state index contributed by atoms with van der Waals surface area (Å²) in [5.41, 5.74) is 2.58. The van der Waals surface area contributed by atoms with E-state index in [0.717, 1.165) is 11.1 Å². The van der Waals surface area contributed by atoms with Crippen LogP contribution in [0.15, 0.2) is 53.4 Å². The van der Waals surface area contributed by atoms with E-state index < -0.39 is 35.2 Å². The van der Waals surface area contributed by atoms with E-state index in [9.17, 15) is 24.0 Å². The number of anilines is 1. The van der Waals surface area contributed by atoms with Gasteiger partial charge < -0.3 is 20.8 Å². The van der Waals surface area contributed by atoms with Gasteiger partial charge >= 0.3 is 0 Å². The summed E-state index contributed by atoms with van der Waals surface area (Å²) in [5.74, 6) is -0.891. The molecule has 0 saturated carbocycles. The first kappa shape index (κ1) is 27.0. The fourth-order valence-corrected chi connectivity index (χ4v) is 4.99. The van der Waals surface area contributed by atoms with Crippen LogP contribution in [0.3, 0.4) is 0 Å². The molecule has 0 heterocycles. The molecule has 0 spiro atoms. The van der Waals surface area contributed by atoms with E-state index in [0.29, 0.717) is 23.4 Å². The smallest absolute Gasteiger partial charge is 0.226 e. The molecule has 35 heavy (non-hydrogen) atoms. The zero-order valence-corrected chi connectivity index (χ0v) is 21.2. The van der Waals surface area contributed by atoms with Gasteiger partial charge in [0.25, 0.3) is 0 Å². The zero-order chi connectivity index (χ0) is 25.5. The lowest BCUT2D eigenvalue weighted by Gasteiger charge is -2.23. The van der Waals surface area contributed by atoms with Crippen LogP contribution in [-0.2, 0) is 27.0 Å². The highest BCUT2D eigenvalue weighted by Crippen LogP contribution is 2.31. The monoisotopic (exact) mass is 501 g/mol. The van der Waals surface area contributed by atoms with E-state index in [1.165, 1.54) is 0 Å². The maximum atomic E-state index is 12.9. The Hall–Kier alpha value is -2.59. The maximum Gasteiger partial charge on any atom is 0.226 e. The Morgan fingerprint density at radius 2 is 1.77 bits per heavy atom. The highest BCUT2D eigenvalue weighted by molar-refractivity contribution is 7.83. The van der Waals surface area contributed by atoms with Crippen molar-refractivity contribution in [3.8, 4) is 0 Å². The molecule has 5 atom stereocenters. The molecule has 5 N–H and O–H groups in total. The number of aliphatic hydroxyl groups excluding tert-OH is 2. The molecule has 3 rings (SSSR count). The molecule has 0 bridgehead atoms. The topological polar surface area (TPSA) is 128 Å². The number of hydrogen-bond acceptors (Lipinski definition) is 5. The van der Waals surface area contributed by atoms with Crippen LogP contribution < -0.4 is 15.4 Å². The Bertz CT molecular complexity index is 1040. The molecule has 0 saturated heterocycles. The van der Waals surface area contributed by atoms with Crippen molar-refractivity contribution in [3.05, 3.63) is 59.7 Å². The minimum atomic E-state index is -1.55. The van der Waals surface area contributed by atoms with Gasteiger partial charge in [0.15, 0.2) is 0 Å². The van der Waals surface area contributed by atoms with Crippen LogP contribution >= 0.6 is 0 Å². The Kier molecular flexibility index (Phi) is 9.56. The van der Waals surface area contributed by atoms with Crippen molar-refractivity contribution < 1.29 is 24.0 Å². The molecule has 2 aromatic carbocycles. The zero-order valence-electron chi connectivity index (χ0n) is 20.4. The summed E-state index contributed by atoms with van der Waals surface area (Å²) in [4.78, 5) is 25.2. The van der Waals surface area contributed by atoms with E-state index in [-0.39, 0.29) is 30.7 Å². The van der Waals surface area contributed by atoms with Gasteiger partial charge in [-0.25, -0.2) is 8.93 Å². The molecule has 0 aromatic heterocycles. The van der Waals surface area contributed by atoms with Crippen molar-refractivity contribution in [1.82, 2.24) is 10.0 Å². The van der Waals surface area contributed by atoms with Gasteiger partial charge in [-0.2, -0.15) is 0 Å². The van der Waals surface area contributed by atoms with E-state index >= 15 is 0 Å². The van der Waals surface area contributed by atoms with Gasteiger partial charge in [0.05, 0.1) is 23.1 Å². The van der Waals surface area contributed by atoms with Crippen LogP contribution in [0.25, 0.3) is 0 Å². The number of hydrogen-bond donors (Lipinski definition) is 5. The van der Waals surface area contributed by atoms with Gasteiger partial charge in [0.2, 0.25) is 11.8 Å². The van der Waals surface area contributed by atoms with Gasteiger partial charge in [0.1, 0.15) is 11.0 Å². The molecular formula is C26H35N3O5S. The van der Waals surface area contributed by atoms with Crippen LogP contribution in [0.5, 0.6) is 0 Å². The first-order chi connectivity index (χ1) is 16.7. The predicted octanol–water partition coefficient (Wildman–Crippen LogP) is 2.45. The highest BCUT2D eigenvalue weighted by atomic mass is 32.2. The van der Waals surface area contributed by atoms with Crippen LogP contribution in [0.2, 0.25) is 0 Å². The minimum Gasteiger partial charge on any atom is -0.392 e. The van der Waals surface area contributed by atoms with E-state index in [1.807, 2.05) is 31.2 Å². The van der Waals surface area contributed by atoms with Gasteiger partial charge in [-0.1, -0.05) is 45.0 Å². The van der Waals surface area contributed by atoms with Crippen LogP contribution in [0.1, 0.15) is 50.8 Å². The van der Waals surface area contributed by atoms with Crippen LogP contribution in [0, 0.1) is 11.8 Å². The molecule has 2 aromatic rings. The molecule has 0 aliphatic heterocycles. The van der Waals surface area contributed by atoms with Gasteiger partial charge in [-0.15, -0.1) is 0 Å². The van der Waals surface area contributed by atoms with Crippen molar-refractivity contribution in [2.24, 2.45) is 11.8 Å². The SMILES string of the molecule is CCC(CC(O)CNS(=O)c1ccc(NC(=O)C(C)C)cc1)C(=O)NC1c2ccccc2CC1O. The lowest BCUT2D eigenvalue weighted by atomic mass is 9.96. The average Bonchev–Trinajstić information content (AvgIpc) is 3.16. The molecule has 1 aliphatic rings. The Labute approximate surface area is 209 Å². The number of nitrogens with one attached hydrogen (secondary N) is 3. The lowest BCUT2D eigenvalue weighted by molar-refractivity contribution is -0.127. The normalized spacial score (nSPS) is 19.6. The van der Waals surface area contributed by atoms with Crippen molar-refractivity contribution in [1.29, 1.82) is 0 Å². The molecule has 8 nitrogen and oxygen atoms in total. The molecule has 0 radical (unpaired) electrons. The Morgan fingerprint density at radius 3 is 2.43 bits per heavy atom. The third-order valence-corrected chi connectivity index (χ3v) is 7.36. The predicted molar refractivity (Wildman–Crippen MR) is 136 cm³/mol. The summed E-state index contributed by atoms with van der Waals surface area (Å²) in [6.07, 6.45) is -0.314. The van der Waals surface area contributed by atoms with Crippen molar-refractivity contribution in [2.45, 2.75) is 63.2 Å². The molecule has 0 fully saturated rings. The van der Waals surface area contributed by atoms with Gasteiger partial charge in [-0.05, 0) is 48.2 Å². The summed E-state index contributed by atoms with van der Waals surface area (Å²) >= 11 is 0. The number of carbonyl (C=O) groups is 2. The second-order valence-corrected chi connectivity index (χ2v) is 10.5. The average molecular weight is 502 g/mol. The summed E-state index contributed by atoms with van der Waals surface area (Å²) in [6.45, 7) is 5.54. The number of fused-ring (bicyclic) bond motifs is 1. The number of aliphatic hydroxyl groups is 2. The molecule has 5 unspecified atom stereocenters. The fourth-order valence-electron chi connectivity index (χ4n) is 4.09. The first-order valence-corrected chi connectivity index (χ1v) is 13.1. The van der Waals surface area contributed by atoms with Gasteiger partial charge in [-0.3, -0.25) is 9.59 Å². The molecule has 190 valence electrons. The molecule has 2 amide bonds. The maximum absolute atomic E-state index is 12.9.